The predicted octanol–water partition coefficient (Wildman–Crippen LogP) is -8.04. The first kappa shape index (κ1) is 38.9. The first-order chi connectivity index (χ1) is 14.3. The SMILES string of the molecule is O=C(O)[C@@H]1[O][Sb](=[O])([O][Sb]2(=[O])[O]C([C@H](O)CO)[C@H](O)[C@H](C(=O)O)[O]2)[O][C@H]([C@H](O)CO)[C@@H]1O.[NaH].[NaH].[NaH]. The van der Waals surface area contributed by atoms with Gasteiger partial charge < -0.3 is 0 Å². The molecule has 0 aromatic rings. The van der Waals surface area contributed by atoms with Gasteiger partial charge in [-0.05, 0) is 0 Å². The van der Waals surface area contributed by atoms with Gasteiger partial charge in [0.25, 0.3) is 0 Å². The Morgan fingerprint density at radius 2 is 1.03 bits per heavy atom. The molecule has 0 aromatic heterocycles. The molecule has 0 saturated carbocycles. The van der Waals surface area contributed by atoms with Crippen LogP contribution >= 0.6 is 0 Å². The molecule has 2 saturated heterocycles. The summed E-state index contributed by atoms with van der Waals surface area (Å²) in [6.07, 6.45) is -17.1. The maximum atomic E-state index is 12.9. The number of hydrogen-bond acceptors (Lipinski definition) is 15. The van der Waals surface area contributed by atoms with E-state index in [2.05, 4.69) is 7.32 Å². The van der Waals surface area contributed by atoms with E-state index >= 15 is 0 Å². The van der Waals surface area contributed by atoms with Crippen molar-refractivity contribution < 1.29 is 69.8 Å². The fraction of sp³-hybridized carbons (Fsp3) is 0.833. The van der Waals surface area contributed by atoms with Gasteiger partial charge in [0.1, 0.15) is 0 Å². The summed E-state index contributed by atoms with van der Waals surface area (Å²) in [5.41, 5.74) is 0. The molecule has 22 heteroatoms. The molecule has 10 atom stereocenters. The van der Waals surface area contributed by atoms with Crippen molar-refractivity contribution in [1.29, 1.82) is 0 Å². The molecule has 2 aliphatic rings. The number of hydrogen-bond donors (Lipinski definition) is 8. The number of rotatable bonds is 8. The van der Waals surface area contributed by atoms with Gasteiger partial charge in [0.2, 0.25) is 0 Å². The Balaban J connectivity index is 0. The zero-order valence-corrected chi connectivity index (χ0v) is 20.3. The van der Waals surface area contributed by atoms with Gasteiger partial charge in [-0.15, -0.1) is 0 Å². The molecule has 34 heavy (non-hydrogen) atoms. The Labute approximate surface area is 268 Å². The minimum absolute atomic E-state index is 0. The Bertz CT molecular complexity index is 725. The molecule has 0 aromatic carbocycles. The van der Waals surface area contributed by atoms with Crippen molar-refractivity contribution in [3.63, 3.8) is 0 Å². The van der Waals surface area contributed by atoms with Crippen LogP contribution in [0, 0.1) is 0 Å². The average molecular weight is 752 g/mol. The van der Waals surface area contributed by atoms with E-state index in [1.54, 1.807) is 0 Å². The topological polar surface area (TPSA) is 276 Å². The summed E-state index contributed by atoms with van der Waals surface area (Å²) in [5, 5.41) is 75.6. The molecule has 8 N–H and O–H groups in total. The van der Waals surface area contributed by atoms with E-state index in [1.165, 1.54) is 0 Å². The Morgan fingerprint density at radius 1 is 0.735 bits per heavy atom. The van der Waals surface area contributed by atoms with Crippen LogP contribution in [0.3, 0.4) is 0 Å². The second kappa shape index (κ2) is 16.1. The van der Waals surface area contributed by atoms with Gasteiger partial charge in [-0.3, -0.25) is 0 Å². The number of aliphatic hydroxyl groups is 6. The molecule has 2 aliphatic heterocycles. The first-order valence-electron chi connectivity index (χ1n) is 8.32. The number of carboxylic acid groups (broad SMARTS) is 2. The van der Waals surface area contributed by atoms with E-state index in [0.29, 0.717) is 0 Å². The molecule has 0 spiro atoms. The zero-order chi connectivity index (χ0) is 23.7. The number of aliphatic carboxylic acids is 2. The van der Waals surface area contributed by atoms with Crippen molar-refractivity contribution in [2.45, 2.75) is 48.8 Å². The Hall–Kier alpha value is 2.74. The van der Waals surface area contributed by atoms with Crippen molar-refractivity contribution in [1.82, 2.24) is 0 Å². The molecule has 2 heterocycles. The van der Waals surface area contributed by atoms with Gasteiger partial charge in [0, 0.05) is 0 Å². The van der Waals surface area contributed by atoms with E-state index in [4.69, 9.17) is 26.5 Å². The van der Waals surface area contributed by atoms with Gasteiger partial charge in [0.15, 0.2) is 0 Å². The summed E-state index contributed by atoms with van der Waals surface area (Å²) in [4.78, 5) is 22.6. The van der Waals surface area contributed by atoms with Gasteiger partial charge in [-0.1, -0.05) is 0 Å². The van der Waals surface area contributed by atoms with Crippen LogP contribution < -0.4 is 0 Å². The van der Waals surface area contributed by atoms with Gasteiger partial charge >= 0.3 is 273 Å². The van der Waals surface area contributed by atoms with Crippen LogP contribution in [0.2, 0.25) is 0 Å². The molecule has 17 nitrogen and oxygen atoms in total. The third-order valence-electron chi connectivity index (χ3n) is 4.10. The van der Waals surface area contributed by atoms with Crippen LogP contribution in [0.15, 0.2) is 0 Å². The molecule has 186 valence electrons. The predicted molar refractivity (Wildman–Crippen MR) is 108 cm³/mol. The third kappa shape index (κ3) is 9.43. The molecular weight excluding hydrogens is 729 g/mol. The molecule has 3 unspecified atom stereocenters. The second-order valence-electron chi connectivity index (χ2n) is 6.33. The molecule has 0 amide bonds. The molecule has 2 rings (SSSR count). The molecule has 0 radical (unpaired) electrons. The van der Waals surface area contributed by atoms with Gasteiger partial charge in [-0.25, -0.2) is 0 Å². The summed E-state index contributed by atoms with van der Waals surface area (Å²) < 4.78 is 49.3. The van der Waals surface area contributed by atoms with Crippen LogP contribution in [0.5, 0.6) is 0 Å². The van der Waals surface area contributed by atoms with Gasteiger partial charge in [-0.2, -0.15) is 0 Å². The number of carbonyl (C=O) groups is 2. The minimum atomic E-state index is -6.51. The fourth-order valence-electron chi connectivity index (χ4n) is 2.61. The summed E-state index contributed by atoms with van der Waals surface area (Å²) in [6.45, 7) is -2.19. The van der Waals surface area contributed by atoms with Crippen LogP contribution in [0.1, 0.15) is 0 Å². The quantitative estimate of drug-likeness (QED) is 0.107. The van der Waals surface area contributed by atoms with Crippen LogP contribution in [-0.2, 0) is 29.0 Å². The van der Waals surface area contributed by atoms with E-state index in [0.717, 1.165) is 0 Å². The monoisotopic (exact) mass is 750 g/mol. The summed E-state index contributed by atoms with van der Waals surface area (Å²) in [6, 6.07) is 0. The van der Waals surface area contributed by atoms with Crippen LogP contribution in [0.4, 0.5) is 0 Å². The van der Waals surface area contributed by atoms with Crippen molar-refractivity contribution in [2.75, 3.05) is 13.2 Å². The van der Waals surface area contributed by atoms with Gasteiger partial charge in [0.05, 0.1) is 0 Å². The third-order valence-corrected chi connectivity index (χ3v) is 18.5. The van der Waals surface area contributed by atoms with E-state index < -0.39 is 114 Å². The summed E-state index contributed by atoms with van der Waals surface area (Å²) >= 11 is -13.0. The van der Waals surface area contributed by atoms with Crippen LogP contribution in [-0.4, -0.2) is 244 Å². The molecule has 0 aliphatic carbocycles. The van der Waals surface area contributed by atoms with Crippen molar-refractivity contribution in [3.8, 4) is 0 Å². The fourth-order valence-corrected chi connectivity index (χ4v) is 17.7. The van der Waals surface area contributed by atoms with E-state index in [-0.39, 0.29) is 88.7 Å². The molecular formula is C12H23Na3O17Sb2. The molecule has 2 fully saturated rings. The van der Waals surface area contributed by atoms with Crippen molar-refractivity contribution in [2.24, 2.45) is 0 Å². The van der Waals surface area contributed by atoms with E-state index in [1.807, 2.05) is 0 Å². The van der Waals surface area contributed by atoms with Crippen LogP contribution in [0.25, 0.3) is 0 Å². The first-order valence-corrected chi connectivity index (χ1v) is 16.7. The normalized spacial score (nSPS) is 39.4. The zero-order valence-electron chi connectivity index (χ0n) is 15.2. The summed E-state index contributed by atoms with van der Waals surface area (Å²) in [7, 11) is 0. The average Bonchev–Trinajstić information content (AvgIpc) is 2.69. The second-order valence-corrected chi connectivity index (χ2v) is 17.4. The maximum absolute atomic E-state index is 12.9. The number of aliphatic hydroxyl groups excluding tert-OH is 6. The standard InChI is InChI=1S/2C6H10O7.3Na.3O.2Sb.3H/c2*7-1-2(8)3(9)4(10)5(11)6(12)13;;;;;;;;;;;/h2*2-5,7-8,10H,1H2,(H,12,13);;;;;;;;;;;/q2*-2;;;;;;;2*+2;;;/t2-,3?,4+,5-;2-,3-,4+,5-;;;;;;;;;;;/m11.........../s1. The van der Waals surface area contributed by atoms with Crippen molar-refractivity contribution >= 4 is 141 Å². The Morgan fingerprint density at radius 3 is 1.26 bits per heavy atom. The summed E-state index contributed by atoms with van der Waals surface area (Å²) in [5.74, 6) is -3.81. The number of carboxylic acids is 2. The Kier molecular flexibility index (Phi) is 18.4. The van der Waals surface area contributed by atoms with E-state index in [9.17, 15) is 36.1 Å². The molecule has 0 bridgehead atoms. The van der Waals surface area contributed by atoms with Crippen molar-refractivity contribution in [3.05, 3.63) is 0 Å².